The summed E-state index contributed by atoms with van der Waals surface area (Å²) >= 11 is 0. The van der Waals surface area contributed by atoms with E-state index in [0.717, 1.165) is 34.0 Å². The fourth-order valence-corrected chi connectivity index (χ4v) is 4.82. The van der Waals surface area contributed by atoms with Crippen molar-refractivity contribution in [3.63, 3.8) is 0 Å². The fourth-order valence-electron chi connectivity index (χ4n) is 3.26. The Bertz CT molecular complexity index is 1190. The predicted octanol–water partition coefficient (Wildman–Crippen LogP) is 5.16. The van der Waals surface area contributed by atoms with Crippen LogP contribution in [-0.4, -0.2) is 20.9 Å². The number of hydrogen-bond donors (Lipinski definition) is 1. The first-order valence-corrected chi connectivity index (χ1v) is 11.5. The number of aryl methyl sites for hydroxylation is 2. The quantitative estimate of drug-likeness (QED) is 0.552. The molecule has 1 N–H and O–H groups in total. The van der Waals surface area contributed by atoms with Gasteiger partial charge >= 0.3 is 0 Å². The Kier molecular flexibility index (Phi) is 6.75. The molecule has 5 nitrogen and oxygen atoms in total. The lowest BCUT2D eigenvalue weighted by molar-refractivity contribution is 0.102. The van der Waals surface area contributed by atoms with Gasteiger partial charge in [-0.15, -0.1) is 0 Å². The van der Waals surface area contributed by atoms with Gasteiger partial charge < -0.3 is 5.32 Å². The molecule has 7 heteroatoms. The lowest BCUT2D eigenvalue weighted by atomic mass is 10.1. The van der Waals surface area contributed by atoms with Gasteiger partial charge in [-0.3, -0.25) is 9.10 Å². The molecule has 0 unspecified atom stereocenters. The third kappa shape index (κ3) is 4.94. The van der Waals surface area contributed by atoms with Crippen LogP contribution in [0, 0.1) is 12.7 Å². The summed E-state index contributed by atoms with van der Waals surface area (Å²) in [5.74, 6) is -1.42. The number of nitrogens with one attached hydrogen (secondary N) is 1. The van der Waals surface area contributed by atoms with E-state index in [1.54, 1.807) is 37.3 Å². The summed E-state index contributed by atoms with van der Waals surface area (Å²) in [6, 6.07) is 17.7. The van der Waals surface area contributed by atoms with E-state index in [9.17, 15) is 17.6 Å². The average molecular weight is 441 g/mol. The van der Waals surface area contributed by atoms with Crippen LogP contribution in [-0.2, 0) is 16.4 Å². The van der Waals surface area contributed by atoms with E-state index < -0.39 is 26.6 Å². The van der Waals surface area contributed by atoms with Crippen LogP contribution in [0.1, 0.15) is 35.3 Å². The van der Waals surface area contributed by atoms with E-state index in [4.69, 9.17) is 0 Å². The normalized spacial score (nSPS) is 11.2. The van der Waals surface area contributed by atoms with Crippen LogP contribution >= 0.6 is 0 Å². The zero-order chi connectivity index (χ0) is 22.6. The Hall–Kier alpha value is -3.19. The van der Waals surface area contributed by atoms with Crippen molar-refractivity contribution in [2.45, 2.75) is 32.1 Å². The summed E-state index contributed by atoms with van der Waals surface area (Å²) in [7, 11) is -4.21. The third-order valence-corrected chi connectivity index (χ3v) is 6.88. The second kappa shape index (κ2) is 9.31. The molecule has 0 aromatic heterocycles. The molecule has 0 saturated carbocycles. The van der Waals surface area contributed by atoms with Crippen LogP contribution in [0.4, 0.5) is 15.8 Å². The summed E-state index contributed by atoms with van der Waals surface area (Å²) in [4.78, 5) is 12.1. The van der Waals surface area contributed by atoms with E-state index in [0.29, 0.717) is 11.4 Å². The monoisotopic (exact) mass is 440 g/mol. The van der Waals surface area contributed by atoms with E-state index in [1.165, 1.54) is 6.07 Å². The summed E-state index contributed by atoms with van der Waals surface area (Å²) in [6.45, 7) is 5.67. The highest BCUT2D eigenvalue weighted by atomic mass is 32.2. The molecule has 0 spiro atoms. The van der Waals surface area contributed by atoms with Crippen LogP contribution in [0.3, 0.4) is 0 Å². The zero-order valence-electron chi connectivity index (χ0n) is 17.7. The van der Waals surface area contributed by atoms with Gasteiger partial charge in [-0.25, -0.2) is 12.8 Å². The molecule has 0 aliphatic rings. The second-order valence-electron chi connectivity index (χ2n) is 7.16. The van der Waals surface area contributed by atoms with Gasteiger partial charge in [0.05, 0.1) is 5.69 Å². The number of halogens is 1. The average Bonchev–Trinajstić information content (AvgIpc) is 2.74. The Morgan fingerprint density at radius 1 is 1.00 bits per heavy atom. The smallest absolute Gasteiger partial charge is 0.267 e. The first-order chi connectivity index (χ1) is 14.8. The lowest BCUT2D eigenvalue weighted by Crippen LogP contribution is -2.31. The molecule has 0 bridgehead atoms. The van der Waals surface area contributed by atoms with Crippen molar-refractivity contribution >= 4 is 27.3 Å². The van der Waals surface area contributed by atoms with Gasteiger partial charge in [0.2, 0.25) is 0 Å². The standard InChI is InChI=1S/C24H25FN2O3S/c1-4-18-9-12-20(13-10-18)26-24(28)19-11-14-22(25)23(16-19)31(29,30)27(5-2)21-8-6-7-17(3)15-21/h6-16H,4-5H2,1-3H3,(H,26,28). The highest BCUT2D eigenvalue weighted by molar-refractivity contribution is 7.92. The number of carbonyl (C=O) groups excluding carboxylic acids is 1. The van der Waals surface area contributed by atoms with Crippen LogP contribution in [0.15, 0.2) is 71.6 Å². The number of nitrogens with zero attached hydrogens (tertiary/aromatic N) is 1. The van der Waals surface area contributed by atoms with Crippen molar-refractivity contribution in [3.05, 3.63) is 89.2 Å². The summed E-state index contributed by atoms with van der Waals surface area (Å²) < 4.78 is 42.2. The molecule has 1 amide bonds. The fraction of sp³-hybridized carbons (Fsp3) is 0.208. The Morgan fingerprint density at radius 3 is 2.32 bits per heavy atom. The van der Waals surface area contributed by atoms with Crippen molar-refractivity contribution in [2.24, 2.45) is 0 Å². The molecular weight excluding hydrogens is 415 g/mol. The molecule has 0 atom stereocenters. The summed E-state index contributed by atoms with van der Waals surface area (Å²) in [6.07, 6.45) is 0.877. The van der Waals surface area contributed by atoms with Gasteiger partial charge in [-0.05, 0) is 73.9 Å². The number of anilines is 2. The molecule has 3 rings (SSSR count). The second-order valence-corrected chi connectivity index (χ2v) is 8.99. The van der Waals surface area contributed by atoms with Crippen molar-refractivity contribution in [3.8, 4) is 0 Å². The third-order valence-electron chi connectivity index (χ3n) is 4.96. The molecule has 3 aromatic carbocycles. The number of carbonyl (C=O) groups is 1. The molecule has 0 aliphatic carbocycles. The molecule has 31 heavy (non-hydrogen) atoms. The van der Waals surface area contributed by atoms with Gasteiger partial charge in [0.15, 0.2) is 0 Å². The van der Waals surface area contributed by atoms with E-state index >= 15 is 0 Å². The topological polar surface area (TPSA) is 66.5 Å². The molecular formula is C24H25FN2O3S. The highest BCUT2D eigenvalue weighted by Crippen LogP contribution is 2.27. The van der Waals surface area contributed by atoms with E-state index in [1.807, 2.05) is 32.0 Å². The molecule has 0 radical (unpaired) electrons. The van der Waals surface area contributed by atoms with E-state index in [2.05, 4.69) is 5.32 Å². The number of hydrogen-bond acceptors (Lipinski definition) is 3. The Balaban J connectivity index is 1.94. The molecule has 0 aliphatic heterocycles. The van der Waals surface area contributed by atoms with Crippen LogP contribution in [0.25, 0.3) is 0 Å². The first kappa shape index (κ1) is 22.5. The Morgan fingerprint density at radius 2 is 1.71 bits per heavy atom. The zero-order valence-corrected chi connectivity index (χ0v) is 18.5. The molecule has 0 fully saturated rings. The molecule has 3 aromatic rings. The predicted molar refractivity (Wildman–Crippen MR) is 122 cm³/mol. The van der Waals surface area contributed by atoms with Gasteiger partial charge in [0.25, 0.3) is 15.9 Å². The van der Waals surface area contributed by atoms with Crippen LogP contribution < -0.4 is 9.62 Å². The van der Waals surface area contributed by atoms with Crippen LogP contribution in [0.5, 0.6) is 0 Å². The molecule has 162 valence electrons. The minimum absolute atomic E-state index is 0.0554. The maximum absolute atomic E-state index is 14.6. The molecule has 0 heterocycles. The maximum Gasteiger partial charge on any atom is 0.267 e. The minimum Gasteiger partial charge on any atom is -0.322 e. The highest BCUT2D eigenvalue weighted by Gasteiger charge is 2.28. The summed E-state index contributed by atoms with van der Waals surface area (Å²) in [5, 5.41) is 2.72. The molecule has 0 saturated heterocycles. The number of sulfonamides is 1. The van der Waals surface area contributed by atoms with Crippen LogP contribution in [0.2, 0.25) is 0 Å². The van der Waals surface area contributed by atoms with E-state index in [-0.39, 0.29) is 12.1 Å². The van der Waals surface area contributed by atoms with Gasteiger partial charge in [0.1, 0.15) is 10.7 Å². The van der Waals surface area contributed by atoms with Gasteiger partial charge in [-0.1, -0.05) is 31.2 Å². The largest absolute Gasteiger partial charge is 0.322 e. The maximum atomic E-state index is 14.6. The Labute approximate surface area is 182 Å². The number of rotatable bonds is 7. The van der Waals surface area contributed by atoms with Gasteiger partial charge in [-0.2, -0.15) is 0 Å². The first-order valence-electron chi connectivity index (χ1n) is 10.1. The van der Waals surface area contributed by atoms with Crippen molar-refractivity contribution < 1.29 is 17.6 Å². The number of benzene rings is 3. The van der Waals surface area contributed by atoms with Crippen molar-refractivity contribution in [2.75, 3.05) is 16.2 Å². The summed E-state index contributed by atoms with van der Waals surface area (Å²) in [5.41, 5.74) is 3.08. The van der Waals surface area contributed by atoms with Crippen molar-refractivity contribution in [1.29, 1.82) is 0 Å². The number of amides is 1. The minimum atomic E-state index is -4.21. The van der Waals surface area contributed by atoms with Crippen molar-refractivity contribution in [1.82, 2.24) is 0 Å². The van der Waals surface area contributed by atoms with Gasteiger partial charge in [0, 0.05) is 17.8 Å². The SMILES string of the molecule is CCc1ccc(NC(=O)c2ccc(F)c(S(=O)(=O)N(CC)c3cccc(C)c3)c2)cc1. The lowest BCUT2D eigenvalue weighted by Gasteiger charge is -2.23.